The monoisotopic (exact) mass is 624 g/mol. The highest BCUT2D eigenvalue weighted by Crippen LogP contribution is 2.46. The molecule has 2 aliphatic heterocycles. The molecule has 0 atom stereocenters. The molecule has 4 nitrogen and oxygen atoms in total. The first-order valence-electron chi connectivity index (χ1n) is 17.1. The van der Waals surface area contributed by atoms with Gasteiger partial charge in [-0.3, -0.25) is 0 Å². The molecule has 0 saturated heterocycles. The highest BCUT2D eigenvalue weighted by atomic mass is 16.4. The van der Waals surface area contributed by atoms with Gasteiger partial charge in [-0.2, -0.15) is 0 Å². The maximum absolute atomic E-state index is 6.98. The lowest BCUT2D eigenvalue weighted by atomic mass is 9.38. The summed E-state index contributed by atoms with van der Waals surface area (Å²) in [5, 5.41) is 0. The second-order valence-electron chi connectivity index (χ2n) is 17.6. The summed E-state index contributed by atoms with van der Waals surface area (Å²) >= 11 is 0. The fraction of sp³-hybridized carbons (Fsp3) is 0.381. The molecule has 0 bridgehead atoms. The highest BCUT2D eigenvalue weighted by molar-refractivity contribution is 6.98. The lowest BCUT2D eigenvalue weighted by molar-refractivity contribution is 0.419. The predicted molar refractivity (Wildman–Crippen MR) is 200 cm³/mol. The Morgan fingerprint density at radius 2 is 0.809 bits per heavy atom. The molecule has 242 valence electrons. The van der Waals surface area contributed by atoms with Crippen molar-refractivity contribution in [3.63, 3.8) is 0 Å². The van der Waals surface area contributed by atoms with E-state index in [1.807, 2.05) is 0 Å². The van der Waals surface area contributed by atoms with E-state index in [-0.39, 0.29) is 28.4 Å². The van der Waals surface area contributed by atoms with Crippen LogP contribution in [-0.4, -0.2) is 6.71 Å². The van der Waals surface area contributed by atoms with Crippen LogP contribution in [0.1, 0.15) is 106 Å². The highest BCUT2D eigenvalue weighted by Gasteiger charge is 2.49. The zero-order valence-corrected chi connectivity index (χ0v) is 30.3. The van der Waals surface area contributed by atoms with E-state index in [1.54, 1.807) is 0 Å². The first kappa shape index (κ1) is 31.5. The van der Waals surface area contributed by atoms with Gasteiger partial charge in [0.2, 0.25) is 0 Å². The SMILES string of the molecule is CC(C)(C)c1ccc(N2c3cc(C(C)(C)C)oc3B3c4oc(C(C)(C)C)cc4N(c4ccc(C(C)(C)C)cc4)c4cccc2c43)cc1. The number of furan rings is 2. The molecule has 0 radical (unpaired) electrons. The first-order valence-corrected chi connectivity index (χ1v) is 17.1. The van der Waals surface area contributed by atoms with Crippen LogP contribution < -0.4 is 26.6 Å². The molecular weight excluding hydrogens is 575 g/mol. The van der Waals surface area contributed by atoms with Gasteiger partial charge in [0.1, 0.15) is 22.8 Å². The Labute approximate surface area is 281 Å². The summed E-state index contributed by atoms with van der Waals surface area (Å²) in [5.74, 6) is 1.94. The minimum atomic E-state index is -0.173. The average Bonchev–Trinajstić information content (AvgIpc) is 3.62. The van der Waals surface area contributed by atoms with Crippen LogP contribution >= 0.6 is 0 Å². The zero-order chi connectivity index (χ0) is 33.8. The number of anilines is 6. The summed E-state index contributed by atoms with van der Waals surface area (Å²) in [6.07, 6.45) is 0. The quantitative estimate of drug-likeness (QED) is 0.179. The summed E-state index contributed by atoms with van der Waals surface area (Å²) in [7, 11) is 0. The lowest BCUT2D eigenvalue weighted by Crippen LogP contribution is -2.60. The Kier molecular flexibility index (Phi) is 6.83. The van der Waals surface area contributed by atoms with Crippen molar-refractivity contribution in [1.29, 1.82) is 0 Å². The van der Waals surface area contributed by atoms with Crippen LogP contribution in [0, 0.1) is 0 Å². The second kappa shape index (κ2) is 10.2. The van der Waals surface area contributed by atoms with Crippen LogP contribution in [0.15, 0.2) is 87.7 Å². The molecule has 0 amide bonds. The molecule has 7 rings (SSSR count). The molecule has 47 heavy (non-hydrogen) atoms. The summed E-state index contributed by atoms with van der Waals surface area (Å²) in [6, 6.07) is 29.3. The zero-order valence-electron chi connectivity index (χ0n) is 30.3. The van der Waals surface area contributed by atoms with Crippen LogP contribution in [0.25, 0.3) is 0 Å². The normalized spacial score (nSPS) is 14.7. The van der Waals surface area contributed by atoms with E-state index in [2.05, 4.69) is 172 Å². The number of hydrogen-bond acceptors (Lipinski definition) is 4. The Morgan fingerprint density at radius 3 is 1.13 bits per heavy atom. The number of rotatable bonds is 2. The summed E-state index contributed by atoms with van der Waals surface area (Å²) in [5.41, 5.74) is 12.2. The van der Waals surface area contributed by atoms with Crippen LogP contribution in [0.4, 0.5) is 34.1 Å². The van der Waals surface area contributed by atoms with Gasteiger partial charge in [-0.15, -0.1) is 0 Å². The third kappa shape index (κ3) is 5.14. The van der Waals surface area contributed by atoms with Crippen molar-refractivity contribution >= 4 is 57.6 Å². The van der Waals surface area contributed by atoms with E-state index in [4.69, 9.17) is 8.83 Å². The molecule has 0 fully saturated rings. The van der Waals surface area contributed by atoms with Crippen LogP contribution in [0.2, 0.25) is 0 Å². The molecule has 0 unspecified atom stereocenters. The topological polar surface area (TPSA) is 32.8 Å². The summed E-state index contributed by atoms with van der Waals surface area (Å²) in [6.45, 7) is 26.7. The van der Waals surface area contributed by atoms with E-state index < -0.39 is 0 Å². The number of benzene rings is 3. The maximum atomic E-state index is 6.98. The molecule has 0 N–H and O–H groups in total. The Bertz CT molecular complexity index is 1830. The minimum Gasteiger partial charge on any atom is -0.472 e. The predicted octanol–water partition coefficient (Wildman–Crippen LogP) is 10.1. The minimum absolute atomic E-state index is 0.0706. The second-order valence-corrected chi connectivity index (χ2v) is 17.6. The largest absolute Gasteiger partial charge is 0.472 e. The number of hydrogen-bond donors (Lipinski definition) is 0. The van der Waals surface area contributed by atoms with Crippen molar-refractivity contribution in [3.8, 4) is 0 Å². The van der Waals surface area contributed by atoms with E-state index in [1.165, 1.54) is 16.6 Å². The Balaban J connectivity index is 1.51. The van der Waals surface area contributed by atoms with Crippen molar-refractivity contribution in [3.05, 3.63) is 102 Å². The molecule has 0 saturated carbocycles. The Morgan fingerprint density at radius 1 is 0.447 bits per heavy atom. The van der Waals surface area contributed by atoms with Crippen molar-refractivity contribution in [1.82, 2.24) is 0 Å². The van der Waals surface area contributed by atoms with Gasteiger partial charge >= 0.3 is 6.71 Å². The van der Waals surface area contributed by atoms with Gasteiger partial charge in [0.15, 0.2) is 0 Å². The average molecular weight is 625 g/mol. The van der Waals surface area contributed by atoms with E-state index in [9.17, 15) is 0 Å². The fourth-order valence-corrected chi connectivity index (χ4v) is 6.94. The van der Waals surface area contributed by atoms with E-state index in [0.29, 0.717) is 0 Å². The van der Waals surface area contributed by atoms with Gasteiger partial charge < -0.3 is 18.6 Å². The standard InChI is InChI=1S/C42H49BN2O2/c1-39(2,3)26-16-20-28(21-17-26)44-30-14-13-15-31-36(30)43(37-32(44)24-34(46-37)41(7,8)9)38-33(25-35(47-38)42(10,11)12)45(31)29-22-18-27(19-23-29)40(4,5)6/h13-25H,1-12H3. The summed E-state index contributed by atoms with van der Waals surface area (Å²) in [4.78, 5) is 4.80. The van der Waals surface area contributed by atoms with Crippen molar-refractivity contribution in [2.75, 3.05) is 9.80 Å². The van der Waals surface area contributed by atoms with Gasteiger partial charge in [0.25, 0.3) is 0 Å². The van der Waals surface area contributed by atoms with Gasteiger partial charge in [-0.25, -0.2) is 0 Å². The molecule has 4 heterocycles. The smallest absolute Gasteiger partial charge is 0.342 e. The molecule has 2 aliphatic rings. The van der Waals surface area contributed by atoms with Crippen molar-refractivity contribution < 1.29 is 8.83 Å². The van der Waals surface area contributed by atoms with Gasteiger partial charge in [-0.1, -0.05) is 113 Å². The molecule has 2 aromatic heterocycles. The third-order valence-electron chi connectivity index (χ3n) is 9.78. The first-order chi connectivity index (χ1) is 21.8. The molecular formula is C42H49BN2O2. The molecule has 5 heteroatoms. The molecule has 0 aliphatic carbocycles. The maximum Gasteiger partial charge on any atom is 0.342 e. The molecule has 5 aromatic rings. The lowest BCUT2D eigenvalue weighted by Gasteiger charge is -2.40. The van der Waals surface area contributed by atoms with Crippen molar-refractivity contribution in [2.45, 2.75) is 105 Å². The van der Waals surface area contributed by atoms with E-state index >= 15 is 0 Å². The fourth-order valence-electron chi connectivity index (χ4n) is 6.94. The van der Waals surface area contributed by atoms with Crippen molar-refractivity contribution in [2.24, 2.45) is 0 Å². The number of fused-ring (bicyclic) bond motifs is 4. The molecule has 0 spiro atoms. The van der Waals surface area contributed by atoms with Gasteiger partial charge in [0, 0.05) is 45.7 Å². The molecule has 3 aromatic carbocycles. The van der Waals surface area contributed by atoms with Crippen LogP contribution in [-0.2, 0) is 21.7 Å². The summed E-state index contributed by atoms with van der Waals surface area (Å²) < 4.78 is 14.0. The van der Waals surface area contributed by atoms with Gasteiger partial charge in [-0.05, 0) is 63.8 Å². The van der Waals surface area contributed by atoms with Gasteiger partial charge in [0.05, 0.1) is 11.4 Å². The van der Waals surface area contributed by atoms with E-state index in [0.717, 1.165) is 57.0 Å². The van der Waals surface area contributed by atoms with Crippen LogP contribution in [0.5, 0.6) is 0 Å². The number of nitrogens with zero attached hydrogens (tertiary/aromatic N) is 2. The third-order valence-corrected chi connectivity index (χ3v) is 9.78. The van der Waals surface area contributed by atoms with Crippen LogP contribution in [0.3, 0.4) is 0 Å². The Hall–Kier alpha value is -4.12.